The molecule has 150 valence electrons. The fraction of sp³-hybridized carbons (Fsp3) is 0.333. The first-order valence-corrected chi connectivity index (χ1v) is 10.4. The van der Waals surface area contributed by atoms with Gasteiger partial charge in [-0.2, -0.15) is 0 Å². The molecular formula is C21H20FN3O3S. The van der Waals surface area contributed by atoms with Gasteiger partial charge >= 0.3 is 5.97 Å². The predicted molar refractivity (Wildman–Crippen MR) is 110 cm³/mol. The van der Waals surface area contributed by atoms with E-state index in [0.29, 0.717) is 16.6 Å². The molecular weight excluding hydrogens is 393 g/mol. The Labute approximate surface area is 169 Å². The van der Waals surface area contributed by atoms with E-state index in [9.17, 15) is 14.7 Å². The summed E-state index contributed by atoms with van der Waals surface area (Å²) in [4.78, 5) is 26.4. The SMILES string of the molecule is Cc1c(-c2cc3c(s2)CCNC3)c(F)c(N)n2c(=O)c(C(=O)O)cc(C3CC3)c12. The van der Waals surface area contributed by atoms with Gasteiger partial charge in [0.25, 0.3) is 5.56 Å². The molecule has 0 amide bonds. The van der Waals surface area contributed by atoms with Gasteiger partial charge in [0.05, 0.1) is 5.52 Å². The number of hydrogen-bond acceptors (Lipinski definition) is 5. The van der Waals surface area contributed by atoms with Crippen molar-refractivity contribution in [3.8, 4) is 10.4 Å². The van der Waals surface area contributed by atoms with Crippen molar-refractivity contribution >= 4 is 28.6 Å². The number of nitrogens with zero attached hydrogens (tertiary/aromatic N) is 1. The summed E-state index contributed by atoms with van der Waals surface area (Å²) in [6.45, 7) is 3.44. The minimum Gasteiger partial charge on any atom is -0.477 e. The van der Waals surface area contributed by atoms with Gasteiger partial charge in [-0.05, 0) is 60.9 Å². The summed E-state index contributed by atoms with van der Waals surface area (Å²) in [5, 5.41) is 12.8. The summed E-state index contributed by atoms with van der Waals surface area (Å²) in [7, 11) is 0. The summed E-state index contributed by atoms with van der Waals surface area (Å²) >= 11 is 1.56. The van der Waals surface area contributed by atoms with Crippen LogP contribution in [0.5, 0.6) is 0 Å². The minimum absolute atomic E-state index is 0.167. The molecule has 0 aromatic carbocycles. The Morgan fingerprint density at radius 3 is 2.79 bits per heavy atom. The highest BCUT2D eigenvalue weighted by atomic mass is 32.1. The topological polar surface area (TPSA) is 96.8 Å². The van der Waals surface area contributed by atoms with Crippen LogP contribution >= 0.6 is 11.3 Å². The van der Waals surface area contributed by atoms with E-state index in [-0.39, 0.29) is 17.3 Å². The lowest BCUT2D eigenvalue weighted by atomic mass is 9.98. The van der Waals surface area contributed by atoms with E-state index in [1.807, 2.05) is 6.07 Å². The van der Waals surface area contributed by atoms with Crippen LogP contribution in [-0.4, -0.2) is 22.0 Å². The molecule has 5 rings (SSSR count). The third-order valence-electron chi connectivity index (χ3n) is 5.88. The third-order valence-corrected chi connectivity index (χ3v) is 7.14. The van der Waals surface area contributed by atoms with Crippen molar-refractivity contribution < 1.29 is 14.3 Å². The first-order valence-electron chi connectivity index (χ1n) is 9.61. The molecule has 6 nitrogen and oxygen atoms in total. The summed E-state index contributed by atoms with van der Waals surface area (Å²) < 4.78 is 16.5. The lowest BCUT2D eigenvalue weighted by molar-refractivity contribution is 0.0694. The Kier molecular flexibility index (Phi) is 4.04. The molecule has 0 atom stereocenters. The van der Waals surface area contributed by atoms with Crippen molar-refractivity contribution in [1.29, 1.82) is 0 Å². The monoisotopic (exact) mass is 413 g/mol. The second-order valence-corrected chi connectivity index (χ2v) is 8.90. The Morgan fingerprint density at radius 1 is 1.38 bits per heavy atom. The first kappa shape index (κ1) is 18.3. The molecule has 0 saturated heterocycles. The Hall–Kier alpha value is -2.71. The molecule has 3 aromatic rings. The second kappa shape index (κ2) is 6.40. The smallest absolute Gasteiger partial charge is 0.341 e. The number of carbonyl (C=O) groups is 1. The fourth-order valence-corrected chi connectivity index (χ4v) is 5.57. The zero-order valence-electron chi connectivity index (χ0n) is 15.8. The van der Waals surface area contributed by atoms with Gasteiger partial charge in [-0.1, -0.05) is 0 Å². The van der Waals surface area contributed by atoms with Crippen LogP contribution in [0.4, 0.5) is 10.2 Å². The number of hydrogen-bond donors (Lipinski definition) is 3. The normalized spacial score (nSPS) is 16.2. The third kappa shape index (κ3) is 2.70. The van der Waals surface area contributed by atoms with E-state index in [2.05, 4.69) is 5.32 Å². The molecule has 3 aromatic heterocycles. The zero-order valence-corrected chi connectivity index (χ0v) is 16.7. The molecule has 2 aliphatic rings. The van der Waals surface area contributed by atoms with Crippen LogP contribution in [0.25, 0.3) is 16.0 Å². The van der Waals surface area contributed by atoms with Gasteiger partial charge in [0.15, 0.2) is 5.82 Å². The second-order valence-electron chi connectivity index (χ2n) is 7.77. The number of nitrogens with one attached hydrogen (secondary N) is 1. The van der Waals surface area contributed by atoms with Gasteiger partial charge in [-0.25, -0.2) is 9.18 Å². The number of nitrogen functional groups attached to an aromatic ring is 1. The molecule has 0 unspecified atom stereocenters. The molecule has 1 aliphatic carbocycles. The molecule has 8 heteroatoms. The average molecular weight is 413 g/mol. The van der Waals surface area contributed by atoms with E-state index in [0.717, 1.165) is 52.8 Å². The number of halogens is 1. The summed E-state index contributed by atoms with van der Waals surface area (Å²) in [5.74, 6) is -2.17. The standard InChI is InChI=1S/C21H20FN3O3S/c1-9-16(15-6-11-8-24-5-4-14(11)29-15)17(22)19(23)25-18(9)12(10-2-3-10)7-13(20(25)26)21(27)28/h6-7,10,24H,2-5,8,23H2,1H3,(H,27,28). The van der Waals surface area contributed by atoms with Crippen molar-refractivity contribution in [1.82, 2.24) is 9.72 Å². The van der Waals surface area contributed by atoms with E-state index in [1.54, 1.807) is 18.3 Å². The first-order chi connectivity index (χ1) is 13.9. The molecule has 1 aliphatic heterocycles. The van der Waals surface area contributed by atoms with Crippen LogP contribution in [0.2, 0.25) is 0 Å². The number of nitrogens with two attached hydrogens (primary N) is 1. The van der Waals surface area contributed by atoms with E-state index >= 15 is 4.39 Å². The highest BCUT2D eigenvalue weighted by Crippen LogP contribution is 2.45. The molecule has 4 heterocycles. The van der Waals surface area contributed by atoms with Gasteiger partial charge in [0.1, 0.15) is 11.4 Å². The summed E-state index contributed by atoms with van der Waals surface area (Å²) in [5.41, 5.74) is 8.42. The van der Waals surface area contributed by atoms with E-state index in [4.69, 9.17) is 5.73 Å². The van der Waals surface area contributed by atoms with Crippen molar-refractivity contribution in [2.45, 2.75) is 38.6 Å². The molecule has 0 spiro atoms. The highest BCUT2D eigenvalue weighted by molar-refractivity contribution is 7.15. The number of fused-ring (bicyclic) bond motifs is 2. The number of aryl methyl sites for hydroxylation is 1. The van der Waals surface area contributed by atoms with Crippen molar-refractivity contribution in [3.05, 3.63) is 55.4 Å². The summed E-state index contributed by atoms with van der Waals surface area (Å²) in [6.07, 6.45) is 2.73. The maximum Gasteiger partial charge on any atom is 0.341 e. The van der Waals surface area contributed by atoms with Crippen molar-refractivity contribution in [3.63, 3.8) is 0 Å². The lowest BCUT2D eigenvalue weighted by Gasteiger charge is -2.18. The molecule has 0 radical (unpaired) electrons. The molecule has 1 fully saturated rings. The van der Waals surface area contributed by atoms with Crippen LogP contribution in [0, 0.1) is 12.7 Å². The fourth-order valence-electron chi connectivity index (χ4n) is 4.29. The number of aromatic carboxylic acids is 1. The number of carboxylic acid groups (broad SMARTS) is 1. The van der Waals surface area contributed by atoms with Crippen molar-refractivity contribution in [2.24, 2.45) is 0 Å². The molecule has 4 N–H and O–H groups in total. The van der Waals surface area contributed by atoms with E-state index in [1.165, 1.54) is 10.9 Å². The van der Waals surface area contributed by atoms with Crippen LogP contribution < -0.4 is 16.6 Å². The lowest BCUT2D eigenvalue weighted by Crippen LogP contribution is -2.26. The van der Waals surface area contributed by atoms with Crippen LogP contribution in [0.15, 0.2) is 16.9 Å². The van der Waals surface area contributed by atoms with Crippen molar-refractivity contribution in [2.75, 3.05) is 12.3 Å². The predicted octanol–water partition coefficient (Wildman–Crippen LogP) is 3.28. The number of thiophene rings is 1. The van der Waals surface area contributed by atoms with Gasteiger partial charge in [0, 0.05) is 28.4 Å². The molecule has 29 heavy (non-hydrogen) atoms. The Bertz CT molecular complexity index is 1230. The quantitative estimate of drug-likeness (QED) is 0.612. The summed E-state index contributed by atoms with van der Waals surface area (Å²) in [6, 6.07) is 3.45. The zero-order chi connectivity index (χ0) is 20.4. The largest absolute Gasteiger partial charge is 0.477 e. The number of pyridine rings is 2. The van der Waals surface area contributed by atoms with Crippen LogP contribution in [0.1, 0.15) is 50.7 Å². The number of anilines is 1. The van der Waals surface area contributed by atoms with Gasteiger partial charge in [-0.3, -0.25) is 9.20 Å². The number of aromatic nitrogens is 1. The number of rotatable bonds is 3. The molecule has 0 bridgehead atoms. The Balaban J connectivity index is 1.87. The van der Waals surface area contributed by atoms with Gasteiger partial charge < -0.3 is 16.2 Å². The Morgan fingerprint density at radius 2 is 2.14 bits per heavy atom. The average Bonchev–Trinajstić information content (AvgIpc) is 3.44. The van der Waals surface area contributed by atoms with Gasteiger partial charge in [0.2, 0.25) is 0 Å². The number of carboxylic acids is 1. The van der Waals surface area contributed by atoms with Crippen LogP contribution in [0.3, 0.4) is 0 Å². The minimum atomic E-state index is -1.33. The van der Waals surface area contributed by atoms with Gasteiger partial charge in [-0.15, -0.1) is 11.3 Å². The maximum atomic E-state index is 15.5. The molecule has 1 saturated carbocycles. The highest BCUT2D eigenvalue weighted by Gasteiger charge is 2.32. The maximum absolute atomic E-state index is 15.5. The van der Waals surface area contributed by atoms with Crippen LogP contribution in [-0.2, 0) is 13.0 Å². The van der Waals surface area contributed by atoms with E-state index < -0.39 is 17.3 Å².